The van der Waals surface area contributed by atoms with Gasteiger partial charge >= 0.3 is 6.61 Å². The first kappa shape index (κ1) is 24.7. The van der Waals surface area contributed by atoms with E-state index in [1.807, 2.05) is 35.1 Å². The van der Waals surface area contributed by atoms with Crippen molar-refractivity contribution in [3.8, 4) is 16.9 Å². The van der Waals surface area contributed by atoms with Crippen LogP contribution in [0, 0.1) is 0 Å². The maximum absolute atomic E-state index is 13.1. The van der Waals surface area contributed by atoms with Crippen molar-refractivity contribution in [3.05, 3.63) is 72.4 Å². The second kappa shape index (κ2) is 10.3. The highest BCUT2D eigenvalue weighted by molar-refractivity contribution is 5.64. The molecule has 0 saturated carbocycles. The monoisotopic (exact) mass is 521 g/mol. The molecular weight excluding hydrogens is 492 g/mol. The van der Waals surface area contributed by atoms with Crippen LogP contribution in [-0.2, 0) is 4.74 Å². The summed E-state index contributed by atoms with van der Waals surface area (Å²) in [6, 6.07) is 11.2. The van der Waals surface area contributed by atoms with Crippen molar-refractivity contribution in [1.82, 2.24) is 19.4 Å². The zero-order chi connectivity index (χ0) is 26.2. The Balaban J connectivity index is 1.35. The summed E-state index contributed by atoms with van der Waals surface area (Å²) in [6.45, 7) is 0.145. The third kappa shape index (κ3) is 4.69. The second-order valence-electron chi connectivity index (χ2n) is 9.98. The van der Waals surface area contributed by atoms with Crippen LogP contribution in [0.1, 0.15) is 43.4 Å². The number of pyridine rings is 1. The van der Waals surface area contributed by atoms with Gasteiger partial charge in [-0.15, -0.1) is 0 Å². The van der Waals surface area contributed by atoms with Crippen molar-refractivity contribution in [3.63, 3.8) is 0 Å². The number of anilines is 1. The number of hydrogen-bond donors (Lipinski definition) is 1. The Kier molecular flexibility index (Phi) is 6.67. The highest BCUT2D eigenvalue weighted by Crippen LogP contribution is 2.37. The van der Waals surface area contributed by atoms with Gasteiger partial charge in [0.2, 0.25) is 5.95 Å². The minimum atomic E-state index is -2.95. The molecule has 4 aromatic rings. The van der Waals surface area contributed by atoms with Crippen molar-refractivity contribution in [1.29, 1.82) is 0 Å². The highest BCUT2D eigenvalue weighted by atomic mass is 19.3. The quantitative estimate of drug-likeness (QED) is 0.361. The molecule has 0 spiro atoms. The third-order valence-electron chi connectivity index (χ3n) is 7.42. The van der Waals surface area contributed by atoms with E-state index in [0.717, 1.165) is 35.6 Å². The molecule has 0 aliphatic carbocycles. The maximum Gasteiger partial charge on any atom is 0.387 e. The molecule has 8 nitrogen and oxygen atoms in total. The van der Waals surface area contributed by atoms with E-state index in [2.05, 4.69) is 19.9 Å². The number of para-hydroxylation sites is 1. The minimum absolute atomic E-state index is 0.0836. The van der Waals surface area contributed by atoms with Gasteiger partial charge in [0.15, 0.2) is 0 Å². The highest BCUT2D eigenvalue weighted by Gasteiger charge is 2.38. The van der Waals surface area contributed by atoms with E-state index in [-0.39, 0.29) is 5.75 Å². The number of halogens is 2. The Morgan fingerprint density at radius 1 is 1.00 bits per heavy atom. The Bertz CT molecular complexity index is 1400. The molecule has 2 aliphatic rings. The van der Waals surface area contributed by atoms with E-state index in [1.165, 1.54) is 6.07 Å². The Morgan fingerprint density at radius 2 is 1.74 bits per heavy atom. The average Bonchev–Trinajstić information content (AvgIpc) is 3.44. The molecule has 4 atom stereocenters. The summed E-state index contributed by atoms with van der Waals surface area (Å²) in [5, 5.41) is 10.3. The lowest BCUT2D eigenvalue weighted by atomic mass is 9.90. The summed E-state index contributed by atoms with van der Waals surface area (Å²) in [4.78, 5) is 16.2. The van der Waals surface area contributed by atoms with Crippen molar-refractivity contribution in [2.24, 2.45) is 0 Å². The topological polar surface area (TPSA) is 85.0 Å². The van der Waals surface area contributed by atoms with Gasteiger partial charge in [-0.3, -0.25) is 0 Å². The van der Waals surface area contributed by atoms with Crippen LogP contribution in [0.4, 0.5) is 14.7 Å². The van der Waals surface area contributed by atoms with Gasteiger partial charge in [0.05, 0.1) is 37.1 Å². The van der Waals surface area contributed by atoms with Gasteiger partial charge in [-0.25, -0.2) is 15.0 Å². The molecule has 38 heavy (non-hydrogen) atoms. The number of benzene rings is 1. The zero-order valence-corrected chi connectivity index (χ0v) is 21.0. The molecule has 2 bridgehead atoms. The lowest BCUT2D eigenvalue weighted by Gasteiger charge is -2.34. The predicted molar refractivity (Wildman–Crippen MR) is 138 cm³/mol. The van der Waals surface area contributed by atoms with Crippen molar-refractivity contribution in [2.75, 3.05) is 18.1 Å². The first-order chi connectivity index (χ1) is 18.5. The van der Waals surface area contributed by atoms with Crippen LogP contribution >= 0.6 is 0 Å². The molecule has 1 aromatic carbocycles. The first-order valence-electron chi connectivity index (χ1n) is 12.8. The predicted octanol–water partition coefficient (Wildman–Crippen LogP) is 4.66. The summed E-state index contributed by atoms with van der Waals surface area (Å²) in [7, 11) is 0. The minimum Gasteiger partial charge on any atom is -0.435 e. The Labute approximate surface area is 218 Å². The summed E-state index contributed by atoms with van der Waals surface area (Å²) in [5.74, 6) is 0.382. The summed E-state index contributed by atoms with van der Waals surface area (Å²) in [6.07, 6.45) is 9.14. The van der Waals surface area contributed by atoms with E-state index >= 15 is 0 Å². The number of hydrogen-bond acceptors (Lipinski definition) is 7. The van der Waals surface area contributed by atoms with E-state index in [9.17, 15) is 13.9 Å². The molecular formula is C28H29F2N5O3. The standard InChI is InChI=1S/C28H29F2N5O3/c1-17(36)10-23(22-4-2-3-5-25(22)38-27(29)30)24-13-31-26-9-6-18(14-34(24)26)19-11-32-28(33-12-19)35-20-7-8-21(35)16-37-15-20/h2-6,9,11-14,17,20-21,23,27,36H,7-8,10,15-16H2,1H3. The maximum atomic E-state index is 13.1. The normalized spacial score (nSPS) is 20.7. The lowest BCUT2D eigenvalue weighted by molar-refractivity contribution is -0.0506. The van der Waals surface area contributed by atoms with Crippen LogP contribution < -0.4 is 9.64 Å². The molecule has 10 heteroatoms. The first-order valence-corrected chi connectivity index (χ1v) is 12.8. The van der Waals surface area contributed by atoms with Crippen LogP contribution in [0.15, 0.2) is 61.2 Å². The number of aliphatic hydroxyl groups excluding tert-OH is 1. The largest absolute Gasteiger partial charge is 0.435 e. The molecule has 6 rings (SSSR count). The van der Waals surface area contributed by atoms with E-state index in [0.29, 0.717) is 42.9 Å². The van der Waals surface area contributed by atoms with Crippen LogP contribution in [0.2, 0.25) is 0 Å². The third-order valence-corrected chi connectivity index (χ3v) is 7.42. The molecule has 0 radical (unpaired) electrons. The van der Waals surface area contributed by atoms with Gasteiger partial charge in [-0.2, -0.15) is 8.78 Å². The van der Waals surface area contributed by atoms with Gasteiger partial charge in [0.25, 0.3) is 0 Å². The van der Waals surface area contributed by atoms with Crippen molar-refractivity contribution < 1.29 is 23.4 Å². The smallest absolute Gasteiger partial charge is 0.387 e. The average molecular weight is 522 g/mol. The number of alkyl halides is 2. The molecule has 5 heterocycles. The number of ether oxygens (including phenoxy) is 2. The molecule has 0 amide bonds. The number of morpholine rings is 1. The summed E-state index contributed by atoms with van der Waals surface area (Å²) >= 11 is 0. The number of aliphatic hydroxyl groups is 1. The SMILES string of the molecule is CC(O)CC(c1ccccc1OC(F)F)c1cnc2ccc(-c3cnc(N4C5CCC4COC5)nc3)cn12. The molecule has 4 unspecified atom stereocenters. The van der Waals surface area contributed by atoms with Gasteiger partial charge in [-0.1, -0.05) is 18.2 Å². The fourth-order valence-corrected chi connectivity index (χ4v) is 5.71. The number of nitrogens with zero attached hydrogens (tertiary/aromatic N) is 5. The Morgan fingerprint density at radius 3 is 2.45 bits per heavy atom. The van der Waals surface area contributed by atoms with E-state index < -0.39 is 18.6 Å². The molecule has 2 aliphatic heterocycles. The molecule has 2 saturated heterocycles. The second-order valence-corrected chi connectivity index (χ2v) is 9.98. The van der Waals surface area contributed by atoms with Crippen molar-refractivity contribution in [2.45, 2.75) is 56.9 Å². The number of fused-ring (bicyclic) bond motifs is 3. The van der Waals surface area contributed by atoms with E-state index in [1.54, 1.807) is 31.3 Å². The van der Waals surface area contributed by atoms with E-state index in [4.69, 9.17) is 9.47 Å². The number of imidazole rings is 1. The summed E-state index contributed by atoms with van der Waals surface area (Å²) < 4.78 is 38.7. The molecule has 198 valence electrons. The molecule has 3 aromatic heterocycles. The van der Waals surface area contributed by atoms with Crippen molar-refractivity contribution >= 4 is 11.6 Å². The van der Waals surface area contributed by atoms with Crippen LogP contribution in [-0.4, -0.2) is 62.5 Å². The Hall–Kier alpha value is -3.63. The van der Waals surface area contributed by atoms with Gasteiger partial charge < -0.3 is 23.9 Å². The fraction of sp³-hybridized carbons (Fsp3) is 0.393. The van der Waals surface area contributed by atoms with Gasteiger partial charge in [0.1, 0.15) is 11.4 Å². The number of aromatic nitrogens is 4. The number of rotatable bonds is 8. The lowest BCUT2D eigenvalue weighted by Crippen LogP contribution is -2.46. The summed E-state index contributed by atoms with van der Waals surface area (Å²) in [5.41, 5.74) is 3.77. The van der Waals surface area contributed by atoms with Crippen LogP contribution in [0.5, 0.6) is 5.75 Å². The molecule has 1 N–H and O–H groups in total. The van der Waals surface area contributed by atoms with Gasteiger partial charge in [0, 0.05) is 47.4 Å². The molecule has 2 fully saturated rings. The zero-order valence-electron chi connectivity index (χ0n) is 21.0. The van der Waals surface area contributed by atoms with Gasteiger partial charge in [-0.05, 0) is 44.4 Å². The fourth-order valence-electron chi connectivity index (χ4n) is 5.71. The van der Waals surface area contributed by atoms with Crippen LogP contribution in [0.3, 0.4) is 0 Å². The van der Waals surface area contributed by atoms with Crippen LogP contribution in [0.25, 0.3) is 16.8 Å².